The molecule has 2 aromatic rings. The van der Waals surface area contributed by atoms with Crippen molar-refractivity contribution in [3.05, 3.63) is 63.1 Å². The summed E-state index contributed by atoms with van der Waals surface area (Å²) >= 11 is 3.53. The van der Waals surface area contributed by atoms with Crippen molar-refractivity contribution < 1.29 is 9.90 Å². The van der Waals surface area contributed by atoms with Crippen molar-refractivity contribution in [3.8, 4) is 5.75 Å². The van der Waals surface area contributed by atoms with Gasteiger partial charge in [0.05, 0.1) is 6.04 Å². The van der Waals surface area contributed by atoms with E-state index in [0.29, 0.717) is 13.1 Å². The third-order valence-electron chi connectivity index (χ3n) is 4.52. The number of halogens is 1. The molecule has 3 rings (SSSR count). The lowest BCUT2D eigenvalue weighted by Crippen LogP contribution is -2.36. The molecule has 1 amide bonds. The van der Waals surface area contributed by atoms with Crippen LogP contribution < -0.4 is 5.32 Å². The van der Waals surface area contributed by atoms with E-state index in [-0.39, 0.29) is 17.7 Å². The van der Waals surface area contributed by atoms with Crippen LogP contribution in [-0.2, 0) is 6.54 Å². The quantitative estimate of drug-likeness (QED) is 0.819. The second-order valence-electron chi connectivity index (χ2n) is 6.06. The third kappa shape index (κ3) is 3.06. The largest absolute Gasteiger partial charge is 0.508 e. The first-order valence-electron chi connectivity index (χ1n) is 8.11. The van der Waals surface area contributed by atoms with Crippen molar-refractivity contribution in [3.63, 3.8) is 0 Å². The van der Waals surface area contributed by atoms with Crippen LogP contribution in [0, 0.1) is 6.92 Å². The predicted molar refractivity (Wildman–Crippen MR) is 98.1 cm³/mol. The monoisotopic (exact) mass is 388 g/mol. The van der Waals surface area contributed by atoms with E-state index in [2.05, 4.69) is 21.2 Å². The standard InChI is InChI=1S/C19H21BrN2O2/c1-3-21-16(18-12(2)15(20)8-9-17(18)23)11-22-10-13-6-4-5-7-14(13)19(22)24/h4-9,16,21,23H,3,10-11H2,1-2H3/t16-/m1/s1. The molecule has 24 heavy (non-hydrogen) atoms. The molecule has 2 N–H and O–H groups in total. The second-order valence-corrected chi connectivity index (χ2v) is 6.91. The summed E-state index contributed by atoms with van der Waals surface area (Å²) in [5.74, 6) is 0.312. The number of phenolic OH excluding ortho intramolecular Hbond substituents is 1. The number of carbonyl (C=O) groups is 1. The molecule has 0 spiro atoms. The molecule has 1 aliphatic rings. The number of aromatic hydroxyl groups is 1. The van der Waals surface area contributed by atoms with Gasteiger partial charge in [-0.3, -0.25) is 4.79 Å². The van der Waals surface area contributed by atoms with E-state index in [1.54, 1.807) is 6.07 Å². The SMILES string of the molecule is CCN[C@H](CN1Cc2ccccc2C1=O)c1c(O)ccc(Br)c1C. The molecule has 126 valence electrons. The van der Waals surface area contributed by atoms with E-state index < -0.39 is 0 Å². The molecule has 1 atom stereocenters. The maximum Gasteiger partial charge on any atom is 0.254 e. The van der Waals surface area contributed by atoms with E-state index in [0.717, 1.165) is 33.3 Å². The van der Waals surface area contributed by atoms with Gasteiger partial charge in [-0.25, -0.2) is 0 Å². The molecule has 0 aliphatic carbocycles. The Balaban J connectivity index is 1.89. The molecular formula is C19H21BrN2O2. The van der Waals surface area contributed by atoms with Gasteiger partial charge in [-0.05, 0) is 42.8 Å². The lowest BCUT2D eigenvalue weighted by atomic mass is 9.99. The molecule has 1 heterocycles. The van der Waals surface area contributed by atoms with Crippen LogP contribution in [0.25, 0.3) is 0 Å². The summed E-state index contributed by atoms with van der Waals surface area (Å²) in [6.45, 7) is 5.89. The number of hydrogen-bond acceptors (Lipinski definition) is 3. The summed E-state index contributed by atoms with van der Waals surface area (Å²) in [5.41, 5.74) is 3.68. The minimum absolute atomic E-state index is 0.0562. The molecule has 0 bridgehead atoms. The summed E-state index contributed by atoms with van der Waals surface area (Å²) in [4.78, 5) is 14.5. The number of nitrogens with zero attached hydrogens (tertiary/aromatic N) is 1. The molecule has 0 fully saturated rings. The molecule has 0 radical (unpaired) electrons. The van der Waals surface area contributed by atoms with Crippen LogP contribution in [0.3, 0.4) is 0 Å². The van der Waals surface area contributed by atoms with Crippen LogP contribution in [0.1, 0.15) is 40.0 Å². The zero-order valence-electron chi connectivity index (χ0n) is 13.8. The molecule has 0 saturated carbocycles. The number of likely N-dealkylation sites (N-methyl/N-ethyl adjacent to an activating group) is 1. The Hall–Kier alpha value is -1.85. The van der Waals surface area contributed by atoms with E-state index >= 15 is 0 Å². The van der Waals surface area contributed by atoms with Crippen molar-refractivity contribution in [2.45, 2.75) is 26.4 Å². The number of fused-ring (bicyclic) bond motifs is 1. The lowest BCUT2D eigenvalue weighted by molar-refractivity contribution is 0.0761. The van der Waals surface area contributed by atoms with Crippen molar-refractivity contribution in [1.82, 2.24) is 10.2 Å². The number of rotatable bonds is 5. The van der Waals surface area contributed by atoms with Gasteiger partial charge in [0.1, 0.15) is 5.75 Å². The Morgan fingerprint density at radius 3 is 2.75 bits per heavy atom. The van der Waals surface area contributed by atoms with Gasteiger partial charge >= 0.3 is 0 Å². The highest BCUT2D eigenvalue weighted by Crippen LogP contribution is 2.34. The Bertz CT molecular complexity index is 776. The molecule has 5 heteroatoms. The maximum atomic E-state index is 12.6. The van der Waals surface area contributed by atoms with Gasteiger partial charge in [0.25, 0.3) is 5.91 Å². The fourth-order valence-corrected chi connectivity index (χ4v) is 3.66. The van der Waals surface area contributed by atoms with Gasteiger partial charge < -0.3 is 15.3 Å². The maximum absolute atomic E-state index is 12.6. The molecule has 4 nitrogen and oxygen atoms in total. The Morgan fingerprint density at radius 1 is 1.29 bits per heavy atom. The first-order chi connectivity index (χ1) is 11.5. The van der Waals surface area contributed by atoms with Gasteiger partial charge in [-0.15, -0.1) is 0 Å². The first kappa shape index (κ1) is 17.0. The van der Waals surface area contributed by atoms with Crippen LogP contribution >= 0.6 is 15.9 Å². The highest BCUT2D eigenvalue weighted by atomic mass is 79.9. The molecule has 0 unspecified atom stereocenters. The first-order valence-corrected chi connectivity index (χ1v) is 8.90. The number of phenols is 1. The zero-order chi connectivity index (χ0) is 17.3. The average Bonchev–Trinajstić information content (AvgIpc) is 2.88. The normalized spacial score (nSPS) is 14.8. The Labute approximate surface area is 150 Å². The van der Waals surface area contributed by atoms with E-state index in [1.807, 2.05) is 49.1 Å². The third-order valence-corrected chi connectivity index (χ3v) is 5.38. The minimum atomic E-state index is -0.120. The van der Waals surface area contributed by atoms with Crippen molar-refractivity contribution in [2.75, 3.05) is 13.1 Å². The summed E-state index contributed by atoms with van der Waals surface area (Å²) in [7, 11) is 0. The van der Waals surface area contributed by atoms with E-state index in [9.17, 15) is 9.90 Å². The van der Waals surface area contributed by atoms with Gasteiger partial charge in [0.2, 0.25) is 0 Å². The van der Waals surface area contributed by atoms with Gasteiger partial charge in [-0.1, -0.05) is 41.1 Å². The zero-order valence-corrected chi connectivity index (χ0v) is 15.4. The number of amides is 1. The van der Waals surface area contributed by atoms with E-state index in [4.69, 9.17) is 0 Å². The number of benzene rings is 2. The predicted octanol–water partition coefficient (Wildman–Crippen LogP) is 3.77. The van der Waals surface area contributed by atoms with Gasteiger partial charge in [-0.2, -0.15) is 0 Å². The van der Waals surface area contributed by atoms with Gasteiger partial charge in [0.15, 0.2) is 0 Å². The lowest BCUT2D eigenvalue weighted by Gasteiger charge is -2.27. The number of nitrogens with one attached hydrogen (secondary N) is 1. The van der Waals surface area contributed by atoms with Crippen LogP contribution in [0.15, 0.2) is 40.9 Å². The molecular weight excluding hydrogens is 368 g/mol. The highest BCUT2D eigenvalue weighted by Gasteiger charge is 2.30. The number of hydrogen-bond donors (Lipinski definition) is 2. The van der Waals surface area contributed by atoms with Crippen molar-refractivity contribution >= 4 is 21.8 Å². The van der Waals surface area contributed by atoms with Crippen LogP contribution in [0.5, 0.6) is 5.75 Å². The fraction of sp³-hybridized carbons (Fsp3) is 0.316. The van der Waals surface area contributed by atoms with Crippen LogP contribution in [-0.4, -0.2) is 29.0 Å². The fourth-order valence-electron chi connectivity index (χ4n) is 3.31. The summed E-state index contributed by atoms with van der Waals surface area (Å²) in [6, 6.07) is 11.1. The van der Waals surface area contributed by atoms with Crippen LogP contribution in [0.4, 0.5) is 0 Å². The highest BCUT2D eigenvalue weighted by molar-refractivity contribution is 9.10. The summed E-state index contributed by atoms with van der Waals surface area (Å²) < 4.78 is 0.953. The van der Waals surface area contributed by atoms with Crippen molar-refractivity contribution in [2.24, 2.45) is 0 Å². The molecule has 0 aromatic heterocycles. The Kier molecular flexibility index (Phi) is 4.92. The minimum Gasteiger partial charge on any atom is -0.508 e. The number of carbonyl (C=O) groups excluding carboxylic acids is 1. The molecule has 1 aliphatic heterocycles. The summed E-state index contributed by atoms with van der Waals surface area (Å²) in [5, 5.41) is 13.8. The topological polar surface area (TPSA) is 52.6 Å². The van der Waals surface area contributed by atoms with Crippen molar-refractivity contribution in [1.29, 1.82) is 0 Å². The smallest absolute Gasteiger partial charge is 0.254 e. The molecule has 0 saturated heterocycles. The van der Waals surface area contributed by atoms with Crippen LogP contribution in [0.2, 0.25) is 0 Å². The second kappa shape index (κ2) is 6.95. The average molecular weight is 389 g/mol. The van der Waals surface area contributed by atoms with E-state index in [1.165, 1.54) is 0 Å². The van der Waals surface area contributed by atoms with Gasteiger partial charge in [0, 0.05) is 28.7 Å². The summed E-state index contributed by atoms with van der Waals surface area (Å²) in [6.07, 6.45) is 0. The Morgan fingerprint density at radius 2 is 2.04 bits per heavy atom. The molecule has 2 aromatic carbocycles.